The maximum atomic E-state index is 13.9. The van der Waals surface area contributed by atoms with Crippen LogP contribution in [0, 0.1) is 6.92 Å². The van der Waals surface area contributed by atoms with E-state index in [9.17, 15) is 9.59 Å². The first kappa shape index (κ1) is 25.3. The molecule has 38 heavy (non-hydrogen) atoms. The third-order valence-corrected chi connectivity index (χ3v) is 6.77. The van der Waals surface area contributed by atoms with Crippen LogP contribution in [0.5, 0.6) is 0 Å². The van der Waals surface area contributed by atoms with Gasteiger partial charge in [-0.25, -0.2) is 0 Å². The largest absolute Gasteiger partial charge is 0.351 e. The van der Waals surface area contributed by atoms with Gasteiger partial charge in [0, 0.05) is 23.5 Å². The molecule has 1 N–H and O–H groups in total. The molecule has 1 fully saturated rings. The number of hydrogen-bond donors (Lipinski definition) is 1. The molecule has 9 heteroatoms. The molecule has 0 radical (unpaired) electrons. The minimum absolute atomic E-state index is 0.0860. The summed E-state index contributed by atoms with van der Waals surface area (Å²) in [6.07, 6.45) is 6.86. The van der Waals surface area contributed by atoms with Crippen LogP contribution >= 0.6 is 0 Å². The quantitative estimate of drug-likeness (QED) is 0.380. The molecule has 0 spiro atoms. The molecule has 5 rings (SSSR count). The Balaban J connectivity index is 1.48. The van der Waals surface area contributed by atoms with E-state index in [4.69, 9.17) is 0 Å². The third-order valence-electron chi connectivity index (χ3n) is 6.77. The van der Waals surface area contributed by atoms with Crippen molar-refractivity contribution in [3.8, 4) is 11.4 Å². The average Bonchev–Trinajstić information content (AvgIpc) is 3.42. The summed E-state index contributed by atoms with van der Waals surface area (Å²) in [4.78, 5) is 35.0. The number of benzene rings is 2. The van der Waals surface area contributed by atoms with Crippen LogP contribution < -0.4 is 10.2 Å². The van der Waals surface area contributed by atoms with E-state index in [1.54, 1.807) is 18.3 Å². The molecule has 9 nitrogen and oxygen atoms in total. The number of aryl methyl sites for hydroxylation is 1. The Hall–Kier alpha value is -4.40. The molecule has 2 heterocycles. The second-order valence-corrected chi connectivity index (χ2v) is 9.61. The summed E-state index contributed by atoms with van der Waals surface area (Å²) >= 11 is 0. The summed E-state index contributed by atoms with van der Waals surface area (Å²) in [6, 6.07) is 21.5. The second-order valence-electron chi connectivity index (χ2n) is 9.61. The lowest BCUT2D eigenvalue weighted by Gasteiger charge is -2.32. The summed E-state index contributed by atoms with van der Waals surface area (Å²) in [6.45, 7) is 1.79. The van der Waals surface area contributed by atoms with Crippen molar-refractivity contribution >= 4 is 17.5 Å². The number of nitrogens with zero attached hydrogens (tertiary/aromatic N) is 6. The minimum Gasteiger partial charge on any atom is -0.351 e. The average molecular weight is 510 g/mol. The van der Waals surface area contributed by atoms with Gasteiger partial charge in [0.1, 0.15) is 6.54 Å². The van der Waals surface area contributed by atoms with E-state index in [1.807, 2.05) is 67.6 Å². The molecule has 0 saturated heterocycles. The van der Waals surface area contributed by atoms with E-state index in [0.29, 0.717) is 17.2 Å². The van der Waals surface area contributed by atoms with Crippen LogP contribution in [0.2, 0.25) is 0 Å². The van der Waals surface area contributed by atoms with Gasteiger partial charge in [0.05, 0.1) is 5.69 Å². The molecule has 0 bridgehead atoms. The summed E-state index contributed by atoms with van der Waals surface area (Å²) in [5.41, 5.74) is 2.94. The van der Waals surface area contributed by atoms with Crippen molar-refractivity contribution in [3.63, 3.8) is 0 Å². The molecule has 1 saturated carbocycles. The zero-order valence-corrected chi connectivity index (χ0v) is 21.4. The van der Waals surface area contributed by atoms with Gasteiger partial charge in [-0.05, 0) is 49.2 Å². The summed E-state index contributed by atoms with van der Waals surface area (Å²) in [7, 11) is 0. The second kappa shape index (κ2) is 11.8. The predicted molar refractivity (Wildman–Crippen MR) is 144 cm³/mol. The number of hydrogen-bond acceptors (Lipinski definition) is 6. The fourth-order valence-electron chi connectivity index (χ4n) is 4.80. The van der Waals surface area contributed by atoms with Gasteiger partial charge in [-0.15, -0.1) is 10.2 Å². The Labute approximate surface area is 221 Å². The number of nitrogens with one attached hydrogen (secondary N) is 1. The predicted octanol–water partition coefficient (Wildman–Crippen LogP) is 4.27. The highest BCUT2D eigenvalue weighted by Gasteiger charge is 2.35. The Morgan fingerprint density at radius 1 is 0.974 bits per heavy atom. The molecule has 1 aliphatic rings. The van der Waals surface area contributed by atoms with Crippen LogP contribution in [0.4, 0.5) is 5.69 Å². The molecule has 2 aromatic heterocycles. The SMILES string of the molecule is Cc1ccc(N(C(=O)Cn2nnc(-c3ccccc3)n2)[C@@H](C(=O)NC2CCCCC2)c2ccccn2)cc1. The topological polar surface area (TPSA) is 106 Å². The summed E-state index contributed by atoms with van der Waals surface area (Å²) < 4.78 is 0. The van der Waals surface area contributed by atoms with Gasteiger partial charge in [-0.2, -0.15) is 4.80 Å². The minimum atomic E-state index is -0.953. The number of aromatic nitrogens is 5. The van der Waals surface area contributed by atoms with Crippen molar-refractivity contribution in [1.82, 2.24) is 30.5 Å². The molecule has 194 valence electrons. The summed E-state index contributed by atoms with van der Waals surface area (Å²) in [5, 5.41) is 15.8. The highest BCUT2D eigenvalue weighted by Crippen LogP contribution is 2.29. The molecular weight excluding hydrogens is 478 g/mol. The molecule has 1 atom stereocenters. The molecule has 0 aliphatic heterocycles. The monoisotopic (exact) mass is 509 g/mol. The van der Waals surface area contributed by atoms with Gasteiger partial charge in [0.25, 0.3) is 5.91 Å². The van der Waals surface area contributed by atoms with Crippen LogP contribution in [0.15, 0.2) is 79.0 Å². The lowest BCUT2D eigenvalue weighted by molar-refractivity contribution is -0.127. The fraction of sp³-hybridized carbons (Fsp3) is 0.310. The van der Waals surface area contributed by atoms with Gasteiger partial charge in [0.15, 0.2) is 6.04 Å². The number of carbonyl (C=O) groups is 2. The van der Waals surface area contributed by atoms with E-state index >= 15 is 0 Å². The molecule has 4 aromatic rings. The number of pyridine rings is 1. The maximum absolute atomic E-state index is 13.9. The number of carbonyl (C=O) groups excluding carboxylic acids is 2. The molecular formula is C29H31N7O2. The number of anilines is 1. The molecule has 0 unspecified atom stereocenters. The first-order valence-corrected chi connectivity index (χ1v) is 13.0. The van der Waals surface area contributed by atoms with Crippen LogP contribution in [-0.4, -0.2) is 43.0 Å². The van der Waals surface area contributed by atoms with Crippen LogP contribution in [0.1, 0.15) is 49.4 Å². The summed E-state index contributed by atoms with van der Waals surface area (Å²) in [5.74, 6) is -0.169. The van der Waals surface area contributed by atoms with Crippen molar-refractivity contribution in [3.05, 3.63) is 90.3 Å². The van der Waals surface area contributed by atoms with E-state index in [2.05, 4.69) is 25.7 Å². The van der Waals surface area contributed by atoms with Gasteiger partial charge in [-0.1, -0.05) is 73.4 Å². The van der Waals surface area contributed by atoms with Crippen LogP contribution in [0.25, 0.3) is 11.4 Å². The highest BCUT2D eigenvalue weighted by molar-refractivity contribution is 6.01. The Kier molecular flexibility index (Phi) is 7.82. The van der Waals surface area contributed by atoms with E-state index in [0.717, 1.165) is 36.8 Å². The third kappa shape index (κ3) is 5.94. The Morgan fingerprint density at radius 2 is 1.71 bits per heavy atom. The maximum Gasteiger partial charge on any atom is 0.251 e. The normalized spacial score (nSPS) is 14.6. The lowest BCUT2D eigenvalue weighted by atomic mass is 9.95. The van der Waals surface area contributed by atoms with Gasteiger partial charge in [0.2, 0.25) is 11.7 Å². The highest BCUT2D eigenvalue weighted by atomic mass is 16.2. The smallest absolute Gasteiger partial charge is 0.251 e. The number of amides is 2. The number of rotatable bonds is 8. The lowest BCUT2D eigenvalue weighted by Crippen LogP contribution is -2.48. The van der Waals surface area contributed by atoms with Crippen molar-refractivity contribution in [2.75, 3.05) is 4.90 Å². The zero-order chi connectivity index (χ0) is 26.3. The first-order valence-electron chi connectivity index (χ1n) is 13.0. The van der Waals surface area contributed by atoms with Gasteiger partial charge in [-0.3, -0.25) is 19.5 Å². The van der Waals surface area contributed by atoms with Crippen molar-refractivity contribution in [1.29, 1.82) is 0 Å². The van der Waals surface area contributed by atoms with Gasteiger partial charge < -0.3 is 5.32 Å². The number of tetrazole rings is 1. The Bertz CT molecular complexity index is 1350. The standard InChI is InChI=1S/C29H31N7O2/c1-21-15-17-24(18-16-21)36(26(37)20-35-33-28(32-34-35)22-10-4-2-5-11-22)27(25-14-8-9-19-30-25)29(38)31-23-12-6-3-7-13-23/h2,4-5,8-11,14-19,23,27H,3,6-7,12-13,20H2,1H3,(H,31,38)/t27-/m1/s1. The Morgan fingerprint density at radius 3 is 2.42 bits per heavy atom. The van der Waals surface area contributed by atoms with Crippen LogP contribution in [0.3, 0.4) is 0 Å². The molecule has 2 aromatic carbocycles. The van der Waals surface area contributed by atoms with Crippen LogP contribution in [-0.2, 0) is 16.1 Å². The van der Waals surface area contributed by atoms with E-state index < -0.39 is 6.04 Å². The van der Waals surface area contributed by atoms with Gasteiger partial charge >= 0.3 is 0 Å². The van der Waals surface area contributed by atoms with Crippen molar-refractivity contribution in [2.24, 2.45) is 0 Å². The molecule has 2 amide bonds. The molecule has 1 aliphatic carbocycles. The van der Waals surface area contributed by atoms with E-state index in [1.165, 1.54) is 16.1 Å². The van der Waals surface area contributed by atoms with E-state index in [-0.39, 0.29) is 24.4 Å². The fourth-order valence-corrected chi connectivity index (χ4v) is 4.80. The van der Waals surface area contributed by atoms with Crippen molar-refractivity contribution in [2.45, 2.75) is 57.7 Å². The first-order chi connectivity index (χ1) is 18.6. The van der Waals surface area contributed by atoms with Crippen molar-refractivity contribution < 1.29 is 9.59 Å². The zero-order valence-electron chi connectivity index (χ0n) is 21.4.